The summed E-state index contributed by atoms with van der Waals surface area (Å²) in [4.78, 5) is 11.5. The van der Waals surface area contributed by atoms with Crippen LogP contribution in [0.5, 0.6) is 0 Å². The van der Waals surface area contributed by atoms with Crippen LogP contribution >= 0.6 is 22.0 Å². The molecule has 0 N–H and O–H groups in total. The summed E-state index contributed by atoms with van der Waals surface area (Å²) in [6.45, 7) is 3.66. The molecule has 0 fully saturated rings. The van der Waals surface area contributed by atoms with Gasteiger partial charge >= 0.3 is 5.97 Å². The molecule has 1 aromatic heterocycles. The summed E-state index contributed by atoms with van der Waals surface area (Å²) in [5.41, 5.74) is 0.213. The molecule has 0 amide bonds. The molecule has 90 valence electrons. The predicted molar refractivity (Wildman–Crippen MR) is 62.5 cm³/mol. The molecule has 4 nitrogen and oxygen atoms in total. The first kappa shape index (κ1) is 13.5. The lowest BCUT2D eigenvalue weighted by atomic mass is 10.3. The molecule has 0 aromatic carbocycles. The van der Waals surface area contributed by atoms with E-state index in [0.717, 1.165) is 11.3 Å². The summed E-state index contributed by atoms with van der Waals surface area (Å²) in [6, 6.07) is 1.22. The van der Waals surface area contributed by atoms with Crippen molar-refractivity contribution in [1.82, 2.24) is 0 Å². The zero-order valence-corrected chi connectivity index (χ0v) is 11.2. The van der Waals surface area contributed by atoms with Crippen molar-refractivity contribution in [2.24, 2.45) is 0 Å². The van der Waals surface area contributed by atoms with Gasteiger partial charge in [0.25, 0.3) is 9.05 Å². The second kappa shape index (κ2) is 5.16. The smallest absolute Gasteiger partial charge is 0.339 e. The lowest BCUT2D eigenvalue weighted by Gasteiger charge is -2.09. The van der Waals surface area contributed by atoms with E-state index >= 15 is 0 Å². The van der Waals surface area contributed by atoms with E-state index in [1.54, 1.807) is 6.92 Å². The van der Waals surface area contributed by atoms with Crippen molar-refractivity contribution in [2.75, 3.05) is 0 Å². The van der Waals surface area contributed by atoms with Gasteiger partial charge in [-0.05, 0) is 19.4 Å². The number of thiophene rings is 1. The Labute approximate surface area is 103 Å². The maximum Gasteiger partial charge on any atom is 0.339 e. The first-order valence-electron chi connectivity index (χ1n) is 4.58. The highest BCUT2D eigenvalue weighted by atomic mass is 35.7. The second-order valence-electron chi connectivity index (χ2n) is 3.22. The summed E-state index contributed by atoms with van der Waals surface area (Å²) in [5.74, 6) is -0.530. The molecule has 0 aliphatic heterocycles. The van der Waals surface area contributed by atoms with E-state index in [4.69, 9.17) is 15.4 Å². The number of rotatable bonds is 4. The maximum absolute atomic E-state index is 11.5. The molecule has 1 rings (SSSR count). The monoisotopic (exact) mass is 282 g/mol. The van der Waals surface area contributed by atoms with Gasteiger partial charge in [0, 0.05) is 16.1 Å². The Morgan fingerprint density at radius 1 is 1.62 bits per heavy atom. The minimum absolute atomic E-state index is 0.0507. The highest BCUT2D eigenvalue weighted by molar-refractivity contribution is 8.15. The van der Waals surface area contributed by atoms with Gasteiger partial charge in [-0.2, -0.15) is 0 Å². The predicted octanol–water partition coefficient (Wildman–Crippen LogP) is 2.63. The van der Waals surface area contributed by atoms with E-state index in [1.165, 1.54) is 11.4 Å². The van der Waals surface area contributed by atoms with Gasteiger partial charge in [-0.15, -0.1) is 11.3 Å². The average molecular weight is 283 g/mol. The summed E-state index contributed by atoms with van der Waals surface area (Å²) in [5, 5.41) is 1.42. The second-order valence-corrected chi connectivity index (χ2v) is 6.92. The van der Waals surface area contributed by atoms with Gasteiger partial charge in [0.2, 0.25) is 0 Å². The molecule has 16 heavy (non-hydrogen) atoms. The first-order chi connectivity index (χ1) is 7.34. The molecule has 0 saturated heterocycles. The van der Waals surface area contributed by atoms with Crippen LogP contribution in [0, 0.1) is 0 Å². The molecule has 1 atom stereocenters. The molecular formula is C9H11ClO4S2. The molecule has 0 bridgehead atoms. The van der Waals surface area contributed by atoms with Crippen molar-refractivity contribution in [2.45, 2.75) is 30.6 Å². The van der Waals surface area contributed by atoms with Crippen LogP contribution in [-0.2, 0) is 13.8 Å². The Morgan fingerprint density at radius 3 is 2.69 bits per heavy atom. The number of halogens is 1. The zero-order chi connectivity index (χ0) is 12.3. The lowest BCUT2D eigenvalue weighted by Crippen LogP contribution is -2.13. The Bertz CT molecular complexity index is 477. The van der Waals surface area contributed by atoms with E-state index in [9.17, 15) is 13.2 Å². The van der Waals surface area contributed by atoms with Crippen molar-refractivity contribution < 1.29 is 17.9 Å². The largest absolute Gasteiger partial charge is 0.459 e. The van der Waals surface area contributed by atoms with E-state index in [-0.39, 0.29) is 15.9 Å². The van der Waals surface area contributed by atoms with Crippen LogP contribution < -0.4 is 0 Å². The number of carbonyl (C=O) groups excluding carboxylic acids is 1. The third-order valence-corrected chi connectivity index (χ3v) is 4.98. The van der Waals surface area contributed by atoms with E-state index in [1.807, 2.05) is 6.92 Å². The van der Waals surface area contributed by atoms with Crippen LogP contribution in [0.1, 0.15) is 30.6 Å². The minimum atomic E-state index is -3.77. The van der Waals surface area contributed by atoms with Crippen molar-refractivity contribution in [3.05, 3.63) is 17.0 Å². The normalized spacial score (nSPS) is 13.4. The number of esters is 1. The SMILES string of the molecule is CCC(C)OC(=O)c1csc(S(=O)(=O)Cl)c1. The molecular weight excluding hydrogens is 272 g/mol. The summed E-state index contributed by atoms with van der Waals surface area (Å²) < 4.78 is 26.9. The highest BCUT2D eigenvalue weighted by Gasteiger charge is 2.18. The lowest BCUT2D eigenvalue weighted by molar-refractivity contribution is 0.0335. The third-order valence-electron chi connectivity index (χ3n) is 1.93. The topological polar surface area (TPSA) is 60.4 Å². The molecule has 7 heteroatoms. The minimum Gasteiger partial charge on any atom is -0.459 e. The first-order valence-corrected chi connectivity index (χ1v) is 7.77. The Balaban J connectivity index is 2.83. The average Bonchev–Trinajstić information content (AvgIpc) is 2.65. The quantitative estimate of drug-likeness (QED) is 0.629. The van der Waals surface area contributed by atoms with Gasteiger partial charge in [0.15, 0.2) is 0 Å². The van der Waals surface area contributed by atoms with Crippen LogP contribution in [0.2, 0.25) is 0 Å². The van der Waals surface area contributed by atoms with Crippen LogP contribution in [0.3, 0.4) is 0 Å². The molecule has 1 aromatic rings. The molecule has 0 spiro atoms. The van der Waals surface area contributed by atoms with Crippen LogP contribution in [0.25, 0.3) is 0 Å². The van der Waals surface area contributed by atoms with Gasteiger partial charge in [-0.3, -0.25) is 0 Å². The van der Waals surface area contributed by atoms with Crippen LogP contribution in [0.4, 0.5) is 0 Å². The molecule has 1 heterocycles. The van der Waals surface area contributed by atoms with Gasteiger partial charge in [0.05, 0.1) is 11.7 Å². The van der Waals surface area contributed by atoms with Crippen LogP contribution in [-0.4, -0.2) is 20.5 Å². The summed E-state index contributed by atoms with van der Waals surface area (Å²) in [7, 11) is 1.37. The van der Waals surface area contributed by atoms with Crippen molar-refractivity contribution in [3.63, 3.8) is 0 Å². The van der Waals surface area contributed by atoms with Gasteiger partial charge in [-0.25, -0.2) is 13.2 Å². The Kier molecular flexibility index (Phi) is 4.35. The number of ether oxygens (including phenoxy) is 1. The van der Waals surface area contributed by atoms with Gasteiger partial charge in [-0.1, -0.05) is 6.92 Å². The standard InChI is InChI=1S/C9H11ClO4S2/c1-3-6(2)14-9(11)7-4-8(15-5-7)16(10,12)13/h4-6H,3H2,1-2H3. The fraction of sp³-hybridized carbons (Fsp3) is 0.444. The van der Waals surface area contributed by atoms with Crippen LogP contribution in [0.15, 0.2) is 15.7 Å². The van der Waals surface area contributed by atoms with E-state index < -0.39 is 15.0 Å². The summed E-state index contributed by atoms with van der Waals surface area (Å²) in [6.07, 6.45) is 0.514. The molecule has 0 radical (unpaired) electrons. The fourth-order valence-corrected chi connectivity index (χ4v) is 2.82. The molecule has 0 saturated carbocycles. The van der Waals surface area contributed by atoms with Crippen molar-refractivity contribution in [3.8, 4) is 0 Å². The van der Waals surface area contributed by atoms with Crippen molar-refractivity contribution >= 4 is 37.0 Å². The van der Waals surface area contributed by atoms with E-state index in [2.05, 4.69) is 0 Å². The number of carbonyl (C=O) groups is 1. The molecule has 0 aliphatic rings. The maximum atomic E-state index is 11.5. The Hall–Kier alpha value is -0.590. The summed E-state index contributed by atoms with van der Waals surface area (Å²) >= 11 is 0.899. The van der Waals surface area contributed by atoms with Crippen molar-refractivity contribution in [1.29, 1.82) is 0 Å². The zero-order valence-electron chi connectivity index (χ0n) is 8.77. The van der Waals surface area contributed by atoms with Gasteiger partial charge < -0.3 is 4.74 Å². The van der Waals surface area contributed by atoms with Gasteiger partial charge in [0.1, 0.15) is 4.21 Å². The third kappa shape index (κ3) is 3.47. The highest BCUT2D eigenvalue weighted by Crippen LogP contribution is 2.24. The van der Waals surface area contributed by atoms with E-state index in [0.29, 0.717) is 6.42 Å². The number of hydrogen-bond acceptors (Lipinski definition) is 5. The number of hydrogen-bond donors (Lipinski definition) is 0. The Morgan fingerprint density at radius 2 is 2.25 bits per heavy atom. The fourth-order valence-electron chi connectivity index (χ4n) is 0.886. The molecule has 1 unspecified atom stereocenters. The molecule has 0 aliphatic carbocycles.